The zero-order chi connectivity index (χ0) is 17.5. The Kier molecular flexibility index (Phi) is 6.20. The molecule has 2 rings (SSSR count). The largest absolute Gasteiger partial charge is 0.497 e. The number of hydrogen-bond acceptors (Lipinski definition) is 6. The maximum Gasteiger partial charge on any atom is 0.307 e. The molecule has 1 atom stereocenters. The third-order valence-corrected chi connectivity index (χ3v) is 4.43. The minimum atomic E-state index is -0.461. The first-order chi connectivity index (χ1) is 11.6. The molecular formula is C17H19NO5S. The molecule has 0 radical (unpaired) electrons. The molecule has 0 saturated heterocycles. The lowest BCUT2D eigenvalue weighted by Crippen LogP contribution is -2.30. The average Bonchev–Trinajstić information content (AvgIpc) is 3.14. The lowest BCUT2D eigenvalue weighted by molar-refractivity contribution is -0.141. The van der Waals surface area contributed by atoms with E-state index in [1.54, 1.807) is 18.2 Å². The van der Waals surface area contributed by atoms with Crippen LogP contribution in [-0.4, -0.2) is 33.2 Å². The van der Waals surface area contributed by atoms with Gasteiger partial charge in [-0.15, -0.1) is 11.3 Å². The molecule has 24 heavy (non-hydrogen) atoms. The molecule has 0 bridgehead atoms. The quantitative estimate of drug-likeness (QED) is 0.778. The van der Waals surface area contributed by atoms with Crippen LogP contribution in [0.25, 0.3) is 0 Å². The molecule has 7 heteroatoms. The van der Waals surface area contributed by atoms with Crippen molar-refractivity contribution in [3.63, 3.8) is 0 Å². The number of hydrogen-bond donors (Lipinski definition) is 1. The van der Waals surface area contributed by atoms with Crippen LogP contribution in [0.3, 0.4) is 0 Å². The van der Waals surface area contributed by atoms with E-state index in [4.69, 9.17) is 14.2 Å². The highest BCUT2D eigenvalue weighted by Gasteiger charge is 2.22. The smallest absolute Gasteiger partial charge is 0.307 e. The Morgan fingerprint density at radius 1 is 1.17 bits per heavy atom. The van der Waals surface area contributed by atoms with E-state index in [2.05, 4.69) is 5.32 Å². The number of carbonyl (C=O) groups is 2. The molecule has 6 nitrogen and oxygen atoms in total. The van der Waals surface area contributed by atoms with Crippen molar-refractivity contribution in [1.82, 2.24) is 5.32 Å². The van der Waals surface area contributed by atoms with Crippen molar-refractivity contribution in [2.24, 2.45) is 0 Å². The van der Waals surface area contributed by atoms with Crippen LogP contribution in [0, 0.1) is 0 Å². The summed E-state index contributed by atoms with van der Waals surface area (Å²) in [5.74, 6) is 0.259. The number of thiophene rings is 1. The lowest BCUT2D eigenvalue weighted by Gasteiger charge is -2.17. The SMILES string of the molecule is COC(=O)C[C@@H](NC(=O)c1ccc(OC)cc1OC)c1cccs1. The molecule has 0 spiro atoms. The van der Waals surface area contributed by atoms with Crippen LogP contribution in [0.4, 0.5) is 0 Å². The minimum absolute atomic E-state index is 0.0568. The molecule has 0 aliphatic heterocycles. The van der Waals surface area contributed by atoms with Gasteiger partial charge in [0.25, 0.3) is 5.91 Å². The monoisotopic (exact) mass is 349 g/mol. The normalized spacial score (nSPS) is 11.5. The maximum absolute atomic E-state index is 12.6. The van der Waals surface area contributed by atoms with Gasteiger partial charge in [0.2, 0.25) is 0 Å². The third kappa shape index (κ3) is 4.26. The first-order valence-corrected chi connectivity index (χ1v) is 8.10. The maximum atomic E-state index is 12.6. The van der Waals surface area contributed by atoms with Gasteiger partial charge in [-0.2, -0.15) is 0 Å². The second-order valence-electron chi connectivity index (χ2n) is 4.89. The van der Waals surface area contributed by atoms with Crippen LogP contribution < -0.4 is 14.8 Å². The van der Waals surface area contributed by atoms with Gasteiger partial charge in [-0.1, -0.05) is 6.07 Å². The zero-order valence-corrected chi connectivity index (χ0v) is 14.5. The van der Waals surface area contributed by atoms with Crippen LogP contribution >= 0.6 is 11.3 Å². The van der Waals surface area contributed by atoms with Gasteiger partial charge in [0.1, 0.15) is 11.5 Å². The standard InChI is InChI=1S/C17H19NO5S/c1-21-11-6-7-12(14(9-11)22-2)17(20)18-13(10-16(19)23-3)15-5-4-8-24-15/h4-9,13H,10H2,1-3H3,(H,18,20)/t13-/m1/s1. The van der Waals surface area contributed by atoms with Crippen LogP contribution in [0.1, 0.15) is 27.7 Å². The second-order valence-corrected chi connectivity index (χ2v) is 5.87. The average molecular weight is 349 g/mol. The summed E-state index contributed by atoms with van der Waals surface area (Å²) in [6.45, 7) is 0. The van der Waals surface area contributed by atoms with Crippen molar-refractivity contribution in [3.05, 3.63) is 46.2 Å². The van der Waals surface area contributed by atoms with E-state index in [9.17, 15) is 9.59 Å². The Bertz CT molecular complexity index is 699. The number of nitrogens with one attached hydrogen (secondary N) is 1. The van der Waals surface area contributed by atoms with Crippen molar-refractivity contribution in [2.45, 2.75) is 12.5 Å². The van der Waals surface area contributed by atoms with E-state index in [0.717, 1.165) is 4.88 Å². The van der Waals surface area contributed by atoms with Crippen molar-refractivity contribution in [1.29, 1.82) is 0 Å². The van der Waals surface area contributed by atoms with E-state index < -0.39 is 12.0 Å². The highest BCUT2D eigenvalue weighted by molar-refractivity contribution is 7.10. The summed E-state index contributed by atoms with van der Waals surface area (Å²) in [7, 11) is 4.34. The fourth-order valence-electron chi connectivity index (χ4n) is 2.18. The Hall–Kier alpha value is -2.54. The van der Waals surface area contributed by atoms with Crippen LogP contribution in [0.5, 0.6) is 11.5 Å². The summed E-state index contributed by atoms with van der Waals surface area (Å²) in [6.07, 6.45) is 0.0568. The predicted octanol–water partition coefficient (Wildman–Crippen LogP) is 2.80. The molecule has 0 aliphatic rings. The zero-order valence-electron chi connectivity index (χ0n) is 13.7. The highest BCUT2D eigenvalue weighted by Crippen LogP contribution is 2.27. The molecule has 0 saturated carbocycles. The van der Waals surface area contributed by atoms with Crippen molar-refractivity contribution in [2.75, 3.05) is 21.3 Å². The Labute approximate surface area is 144 Å². The topological polar surface area (TPSA) is 73.9 Å². The summed E-state index contributed by atoms with van der Waals surface area (Å²) in [6, 6.07) is 8.20. The van der Waals surface area contributed by atoms with Crippen LogP contribution in [-0.2, 0) is 9.53 Å². The summed E-state index contributed by atoms with van der Waals surface area (Å²) < 4.78 is 15.1. The first kappa shape index (κ1) is 17.8. The summed E-state index contributed by atoms with van der Waals surface area (Å²) in [5.41, 5.74) is 0.365. The van der Waals surface area contributed by atoms with Crippen LogP contribution in [0.15, 0.2) is 35.7 Å². The van der Waals surface area contributed by atoms with Gasteiger partial charge in [-0.25, -0.2) is 0 Å². The molecule has 0 aliphatic carbocycles. The van der Waals surface area contributed by atoms with Gasteiger partial charge in [-0.3, -0.25) is 9.59 Å². The molecule has 1 N–H and O–H groups in total. The van der Waals surface area contributed by atoms with Gasteiger partial charge in [0.05, 0.1) is 39.4 Å². The van der Waals surface area contributed by atoms with Gasteiger partial charge >= 0.3 is 5.97 Å². The third-order valence-electron chi connectivity index (χ3n) is 3.44. The molecule has 2 aromatic rings. The highest BCUT2D eigenvalue weighted by atomic mass is 32.1. The first-order valence-electron chi connectivity index (χ1n) is 7.22. The Morgan fingerprint density at radius 2 is 1.96 bits per heavy atom. The summed E-state index contributed by atoms with van der Waals surface area (Å²) >= 11 is 1.46. The molecule has 1 aromatic heterocycles. The number of ether oxygens (including phenoxy) is 3. The van der Waals surface area contributed by atoms with Gasteiger partial charge in [-0.05, 0) is 23.6 Å². The van der Waals surface area contributed by atoms with E-state index in [0.29, 0.717) is 17.1 Å². The lowest BCUT2D eigenvalue weighted by atomic mass is 10.1. The number of amides is 1. The second kappa shape index (κ2) is 8.35. The van der Waals surface area contributed by atoms with E-state index in [1.807, 2.05) is 17.5 Å². The van der Waals surface area contributed by atoms with Crippen molar-refractivity contribution >= 4 is 23.2 Å². The molecule has 1 heterocycles. The number of benzene rings is 1. The van der Waals surface area contributed by atoms with Crippen LogP contribution in [0.2, 0.25) is 0 Å². The molecule has 1 aromatic carbocycles. The van der Waals surface area contributed by atoms with Crippen molar-refractivity contribution in [3.8, 4) is 11.5 Å². The van der Waals surface area contributed by atoms with E-state index in [-0.39, 0.29) is 12.3 Å². The van der Waals surface area contributed by atoms with Crippen molar-refractivity contribution < 1.29 is 23.8 Å². The number of carbonyl (C=O) groups excluding carboxylic acids is 2. The predicted molar refractivity (Wildman–Crippen MR) is 90.7 cm³/mol. The van der Waals surface area contributed by atoms with Gasteiger partial charge < -0.3 is 19.5 Å². The molecule has 128 valence electrons. The van der Waals surface area contributed by atoms with Gasteiger partial charge in [0, 0.05) is 10.9 Å². The molecule has 0 unspecified atom stereocenters. The van der Waals surface area contributed by atoms with E-state index >= 15 is 0 Å². The summed E-state index contributed by atoms with van der Waals surface area (Å²) in [5, 5.41) is 4.75. The number of methoxy groups -OCH3 is 3. The Morgan fingerprint density at radius 3 is 2.54 bits per heavy atom. The molecular weight excluding hydrogens is 330 g/mol. The number of rotatable bonds is 7. The number of esters is 1. The molecule has 0 fully saturated rings. The van der Waals surface area contributed by atoms with E-state index in [1.165, 1.54) is 32.7 Å². The fraction of sp³-hybridized carbons (Fsp3) is 0.294. The van der Waals surface area contributed by atoms with Gasteiger partial charge in [0.15, 0.2) is 0 Å². The minimum Gasteiger partial charge on any atom is -0.497 e. The molecule has 1 amide bonds. The Balaban J connectivity index is 2.22. The fourth-order valence-corrected chi connectivity index (χ4v) is 2.96. The summed E-state index contributed by atoms with van der Waals surface area (Å²) in [4.78, 5) is 25.1.